The van der Waals surface area contributed by atoms with Crippen molar-refractivity contribution >= 4 is 13.7 Å². The fourth-order valence-electron chi connectivity index (χ4n) is 2.27. The van der Waals surface area contributed by atoms with Crippen molar-refractivity contribution in [2.45, 2.75) is 19.6 Å². The summed E-state index contributed by atoms with van der Waals surface area (Å²) in [5.74, 6) is 3.35. The molecule has 2 aromatic heterocycles. The lowest BCUT2D eigenvalue weighted by Crippen LogP contribution is -2.16. The van der Waals surface area contributed by atoms with Gasteiger partial charge in [0.25, 0.3) is 0 Å². The molecule has 0 spiro atoms. The van der Waals surface area contributed by atoms with E-state index >= 15 is 0 Å². The number of nitrogens with zero attached hydrogens (tertiary/aromatic N) is 3. The molecule has 0 aliphatic carbocycles. The third kappa shape index (κ3) is 3.18. The maximum atomic E-state index is 8.95. The van der Waals surface area contributed by atoms with E-state index in [2.05, 4.69) is 37.2 Å². The van der Waals surface area contributed by atoms with Crippen molar-refractivity contribution in [3.8, 4) is 28.8 Å². The molecule has 0 fully saturated rings. The van der Waals surface area contributed by atoms with E-state index in [1.165, 1.54) is 0 Å². The highest BCUT2D eigenvalue weighted by Crippen LogP contribution is 2.24. The Balaban J connectivity index is 2.22. The van der Waals surface area contributed by atoms with E-state index in [0.29, 0.717) is 5.56 Å². The van der Waals surface area contributed by atoms with E-state index in [1.807, 2.05) is 53.1 Å². The van der Waals surface area contributed by atoms with Gasteiger partial charge in [-0.25, -0.2) is 4.98 Å². The Hall–Kier alpha value is -2.82. The monoisotopic (exact) mass is 315 g/mol. The van der Waals surface area contributed by atoms with E-state index < -0.39 is 8.07 Å². The summed E-state index contributed by atoms with van der Waals surface area (Å²) in [6, 6.07) is 15.6. The van der Waals surface area contributed by atoms with Crippen molar-refractivity contribution in [1.29, 1.82) is 5.26 Å². The quantitative estimate of drug-likeness (QED) is 0.501. The molecule has 3 nitrogen and oxygen atoms in total. The second-order valence-electron chi connectivity index (χ2n) is 6.43. The number of fused-ring (bicyclic) bond motifs is 1. The van der Waals surface area contributed by atoms with Crippen LogP contribution >= 0.6 is 0 Å². The van der Waals surface area contributed by atoms with Gasteiger partial charge in [-0.2, -0.15) is 5.26 Å². The summed E-state index contributed by atoms with van der Waals surface area (Å²) in [7, 11) is -1.48. The minimum absolute atomic E-state index is 0.646. The lowest BCUT2D eigenvalue weighted by atomic mass is 10.1. The third-order valence-electron chi connectivity index (χ3n) is 3.37. The Morgan fingerprint density at radius 3 is 2.43 bits per heavy atom. The van der Waals surface area contributed by atoms with Crippen LogP contribution in [0.2, 0.25) is 19.6 Å². The molecule has 3 rings (SSSR count). The van der Waals surface area contributed by atoms with Crippen molar-refractivity contribution in [1.82, 2.24) is 9.38 Å². The zero-order valence-corrected chi connectivity index (χ0v) is 14.5. The highest BCUT2D eigenvalue weighted by Gasteiger charge is 2.14. The van der Waals surface area contributed by atoms with Crippen molar-refractivity contribution in [3.63, 3.8) is 0 Å². The molecule has 0 aliphatic heterocycles. The number of nitriles is 1. The molecule has 0 atom stereocenters. The number of hydrogen-bond acceptors (Lipinski definition) is 2. The highest BCUT2D eigenvalue weighted by molar-refractivity contribution is 6.83. The van der Waals surface area contributed by atoms with Crippen LogP contribution in [0.15, 0.2) is 48.7 Å². The molecule has 4 heteroatoms. The number of hydrogen-bond donors (Lipinski definition) is 0. The number of rotatable bonds is 1. The van der Waals surface area contributed by atoms with E-state index in [1.54, 1.807) is 0 Å². The molecular formula is C19H17N3Si. The van der Waals surface area contributed by atoms with E-state index in [0.717, 1.165) is 22.6 Å². The van der Waals surface area contributed by atoms with Crippen LogP contribution in [0.4, 0.5) is 0 Å². The van der Waals surface area contributed by atoms with E-state index in [9.17, 15) is 0 Å². The topological polar surface area (TPSA) is 41.1 Å². The van der Waals surface area contributed by atoms with Gasteiger partial charge in [-0.3, -0.25) is 4.40 Å². The van der Waals surface area contributed by atoms with Gasteiger partial charge in [0.15, 0.2) is 0 Å². The molecule has 0 bridgehead atoms. The Bertz CT molecular complexity index is 958. The largest absolute Gasteiger partial charge is 0.292 e. The number of benzene rings is 1. The predicted octanol–water partition coefficient (Wildman–Crippen LogP) is 4.10. The minimum Gasteiger partial charge on any atom is -0.292 e. The maximum Gasteiger partial charge on any atom is 0.138 e. The molecular weight excluding hydrogens is 298 g/mol. The number of aromatic nitrogens is 2. The smallest absolute Gasteiger partial charge is 0.138 e. The van der Waals surface area contributed by atoms with Gasteiger partial charge >= 0.3 is 0 Å². The summed E-state index contributed by atoms with van der Waals surface area (Å²) in [4.78, 5) is 4.73. The molecule has 0 saturated heterocycles. The SMILES string of the molecule is C[Si](C)(C)C#Cc1c(-c2ccc(C#N)cc2)nc2ccccn12. The van der Waals surface area contributed by atoms with Crippen LogP contribution in [0.3, 0.4) is 0 Å². The summed E-state index contributed by atoms with van der Waals surface area (Å²) in [5, 5.41) is 8.95. The second-order valence-corrected chi connectivity index (χ2v) is 11.2. The molecule has 0 unspecified atom stereocenters. The van der Waals surface area contributed by atoms with Gasteiger partial charge in [-0.05, 0) is 24.3 Å². The van der Waals surface area contributed by atoms with E-state index in [4.69, 9.17) is 10.2 Å². The van der Waals surface area contributed by atoms with Crippen molar-refractivity contribution in [3.05, 3.63) is 59.9 Å². The van der Waals surface area contributed by atoms with Crippen molar-refractivity contribution in [2.24, 2.45) is 0 Å². The van der Waals surface area contributed by atoms with Crippen LogP contribution in [0.5, 0.6) is 0 Å². The van der Waals surface area contributed by atoms with Crippen molar-refractivity contribution in [2.75, 3.05) is 0 Å². The minimum atomic E-state index is -1.48. The van der Waals surface area contributed by atoms with Gasteiger partial charge in [0.2, 0.25) is 0 Å². The first-order valence-corrected chi connectivity index (χ1v) is 11.0. The first-order chi connectivity index (χ1) is 11.0. The van der Waals surface area contributed by atoms with Crippen LogP contribution in [0.1, 0.15) is 11.3 Å². The van der Waals surface area contributed by atoms with Crippen LogP contribution in [-0.4, -0.2) is 17.5 Å². The first kappa shape index (κ1) is 15.1. The van der Waals surface area contributed by atoms with Crippen LogP contribution < -0.4 is 0 Å². The molecule has 112 valence electrons. The molecule has 3 aromatic rings. The lowest BCUT2D eigenvalue weighted by Gasteiger charge is -2.04. The molecule has 23 heavy (non-hydrogen) atoms. The zero-order chi connectivity index (χ0) is 16.4. The van der Waals surface area contributed by atoms with Gasteiger partial charge in [0.1, 0.15) is 25.1 Å². The van der Waals surface area contributed by atoms with Gasteiger partial charge in [-0.15, -0.1) is 5.54 Å². The first-order valence-electron chi connectivity index (χ1n) is 7.49. The molecule has 0 saturated carbocycles. The standard InChI is InChI=1S/C19H17N3Si/c1-23(2,3)13-11-17-19(16-9-7-15(14-20)8-10-16)21-18-6-4-5-12-22(17)18/h4-10,12H,1-3H3. The zero-order valence-electron chi connectivity index (χ0n) is 13.5. The highest BCUT2D eigenvalue weighted by atomic mass is 28.3. The number of imidazole rings is 1. The molecule has 0 radical (unpaired) electrons. The van der Waals surface area contributed by atoms with Gasteiger partial charge in [-0.1, -0.05) is 43.8 Å². The molecule has 0 amide bonds. The normalized spacial score (nSPS) is 10.9. The third-order valence-corrected chi connectivity index (χ3v) is 4.25. The fourth-order valence-corrected chi connectivity index (χ4v) is 2.76. The van der Waals surface area contributed by atoms with Crippen molar-refractivity contribution < 1.29 is 0 Å². The Kier molecular flexibility index (Phi) is 3.78. The lowest BCUT2D eigenvalue weighted by molar-refractivity contribution is 1.16. The summed E-state index contributed by atoms with van der Waals surface area (Å²) in [5.41, 5.74) is 7.71. The molecule has 0 N–H and O–H groups in total. The average molecular weight is 315 g/mol. The summed E-state index contributed by atoms with van der Waals surface area (Å²) in [6.07, 6.45) is 1.99. The van der Waals surface area contributed by atoms with Crippen LogP contribution in [0.25, 0.3) is 16.9 Å². The van der Waals surface area contributed by atoms with Gasteiger partial charge in [0, 0.05) is 11.8 Å². The van der Waals surface area contributed by atoms with Crippen LogP contribution in [-0.2, 0) is 0 Å². The Labute approximate surface area is 137 Å². The van der Waals surface area contributed by atoms with Crippen LogP contribution in [0, 0.1) is 22.8 Å². The summed E-state index contributed by atoms with van der Waals surface area (Å²) >= 11 is 0. The van der Waals surface area contributed by atoms with E-state index in [-0.39, 0.29) is 0 Å². The van der Waals surface area contributed by atoms with Gasteiger partial charge < -0.3 is 0 Å². The molecule has 2 heterocycles. The predicted molar refractivity (Wildman–Crippen MR) is 95.6 cm³/mol. The average Bonchev–Trinajstić information content (AvgIpc) is 2.91. The number of pyridine rings is 1. The maximum absolute atomic E-state index is 8.95. The second kappa shape index (κ2) is 5.76. The van der Waals surface area contributed by atoms with Gasteiger partial charge in [0.05, 0.1) is 11.6 Å². The fraction of sp³-hybridized carbons (Fsp3) is 0.158. The Morgan fingerprint density at radius 1 is 1.04 bits per heavy atom. The molecule has 0 aliphatic rings. The summed E-state index contributed by atoms with van der Waals surface area (Å²) < 4.78 is 2.03. The molecule has 1 aromatic carbocycles. The summed E-state index contributed by atoms with van der Waals surface area (Å²) in [6.45, 7) is 6.68. The Morgan fingerprint density at radius 2 is 1.78 bits per heavy atom.